The number of halogens is 1. The molecule has 8 nitrogen and oxygen atoms in total. The lowest BCUT2D eigenvalue weighted by Gasteiger charge is -2.20. The Morgan fingerprint density at radius 1 is 1.12 bits per heavy atom. The zero-order valence-electron chi connectivity index (χ0n) is 18.1. The van der Waals surface area contributed by atoms with Crippen molar-refractivity contribution in [1.82, 2.24) is 15.0 Å². The van der Waals surface area contributed by atoms with Crippen LogP contribution < -0.4 is 15.0 Å². The number of amides is 1. The molecule has 3 aromatic rings. The van der Waals surface area contributed by atoms with Gasteiger partial charge < -0.3 is 14.8 Å². The van der Waals surface area contributed by atoms with Gasteiger partial charge >= 0.3 is 6.09 Å². The lowest BCUT2D eigenvalue weighted by atomic mass is 10.1. The number of hydrogen-bond acceptors (Lipinski definition) is 7. The number of carbonyl (C=O) groups is 1. The minimum absolute atomic E-state index is 0.0942. The maximum Gasteiger partial charge on any atom is 0.417 e. The molecule has 0 aliphatic carbocycles. The summed E-state index contributed by atoms with van der Waals surface area (Å²) in [5.41, 5.74) is 0.989. The highest BCUT2D eigenvalue weighted by Gasteiger charge is 2.35. The number of benzene rings is 2. The second-order valence-electron chi connectivity index (χ2n) is 7.51. The van der Waals surface area contributed by atoms with Gasteiger partial charge in [-0.3, -0.25) is 0 Å². The second-order valence-corrected chi connectivity index (χ2v) is 7.51. The maximum atomic E-state index is 13.0. The molecule has 0 unspecified atom stereocenters. The molecule has 0 bridgehead atoms. The van der Waals surface area contributed by atoms with Crippen molar-refractivity contribution in [1.29, 1.82) is 0 Å². The lowest BCUT2D eigenvalue weighted by molar-refractivity contribution is 0.178. The third-order valence-electron chi connectivity index (χ3n) is 5.16. The fourth-order valence-electron chi connectivity index (χ4n) is 3.39. The highest BCUT2D eigenvalue weighted by Crippen LogP contribution is 2.26. The van der Waals surface area contributed by atoms with Gasteiger partial charge in [0.25, 0.3) is 0 Å². The quantitative estimate of drug-likeness (QED) is 0.555. The number of aryl methyl sites for hydroxylation is 1. The van der Waals surface area contributed by atoms with Crippen molar-refractivity contribution in [2.24, 2.45) is 0 Å². The van der Waals surface area contributed by atoms with Gasteiger partial charge in [-0.2, -0.15) is 15.0 Å². The molecule has 9 heteroatoms. The third kappa shape index (κ3) is 4.77. The Kier molecular flexibility index (Phi) is 6.16. The first kappa shape index (κ1) is 21.5. The summed E-state index contributed by atoms with van der Waals surface area (Å²) < 4.78 is 23.9. The molecule has 1 fully saturated rings. The minimum Gasteiger partial charge on any atom is -0.457 e. The first-order valence-electron chi connectivity index (χ1n) is 10.4. The fraction of sp³-hybridized carbons (Fsp3) is 0.304. The van der Waals surface area contributed by atoms with Crippen LogP contribution in [0.4, 0.5) is 21.1 Å². The number of anilines is 2. The summed E-state index contributed by atoms with van der Waals surface area (Å²) in [4.78, 5) is 26.8. The summed E-state index contributed by atoms with van der Waals surface area (Å²) in [6, 6.07) is 13.2. The molecule has 1 aliphatic rings. The highest BCUT2D eigenvalue weighted by atomic mass is 19.1. The van der Waals surface area contributed by atoms with Crippen molar-refractivity contribution < 1.29 is 18.7 Å². The lowest BCUT2D eigenvalue weighted by Crippen LogP contribution is -2.34. The van der Waals surface area contributed by atoms with E-state index in [1.807, 2.05) is 38.1 Å². The molecular formula is C23H24FN5O3. The summed E-state index contributed by atoms with van der Waals surface area (Å²) in [5, 5.41) is 3.26. The molecule has 1 amide bonds. The molecule has 1 aliphatic heterocycles. The molecule has 0 spiro atoms. The van der Waals surface area contributed by atoms with E-state index in [0.29, 0.717) is 29.9 Å². The predicted octanol–water partition coefficient (Wildman–Crippen LogP) is 5.02. The number of ether oxygens (including phenoxy) is 2. The van der Waals surface area contributed by atoms with Gasteiger partial charge in [0, 0.05) is 0 Å². The molecule has 32 heavy (non-hydrogen) atoms. The fourth-order valence-corrected chi connectivity index (χ4v) is 3.39. The van der Waals surface area contributed by atoms with Gasteiger partial charge in [-0.25, -0.2) is 14.1 Å². The van der Waals surface area contributed by atoms with E-state index in [1.165, 1.54) is 17.0 Å². The summed E-state index contributed by atoms with van der Waals surface area (Å²) >= 11 is 0. The Bertz CT molecular complexity index is 1090. The van der Waals surface area contributed by atoms with E-state index in [2.05, 4.69) is 20.3 Å². The zero-order valence-corrected chi connectivity index (χ0v) is 18.1. The molecule has 1 saturated heterocycles. The molecule has 2 heterocycles. The number of nitrogens with one attached hydrogen (secondary N) is 1. The molecule has 0 radical (unpaired) electrons. The van der Waals surface area contributed by atoms with Crippen molar-refractivity contribution in [3.63, 3.8) is 0 Å². The smallest absolute Gasteiger partial charge is 0.417 e. The largest absolute Gasteiger partial charge is 0.457 e. The number of rotatable bonds is 7. The Hall–Kier alpha value is -3.75. The Labute approximate surface area is 185 Å². The monoisotopic (exact) mass is 437 g/mol. The molecule has 4 rings (SSSR count). The van der Waals surface area contributed by atoms with Crippen molar-refractivity contribution in [2.45, 2.75) is 39.3 Å². The van der Waals surface area contributed by atoms with Crippen LogP contribution >= 0.6 is 0 Å². The number of carbonyl (C=O) groups excluding carboxylic acids is 1. The van der Waals surface area contributed by atoms with Crippen LogP contribution in [-0.4, -0.2) is 33.7 Å². The van der Waals surface area contributed by atoms with Gasteiger partial charge in [0.2, 0.25) is 11.9 Å². The van der Waals surface area contributed by atoms with Crippen molar-refractivity contribution in [2.75, 3.05) is 16.8 Å². The Morgan fingerprint density at radius 3 is 2.44 bits per heavy atom. The van der Waals surface area contributed by atoms with Crippen molar-refractivity contribution in [3.8, 4) is 11.5 Å². The highest BCUT2D eigenvalue weighted by molar-refractivity contribution is 5.88. The number of hydrogen-bond donors (Lipinski definition) is 1. The maximum absolute atomic E-state index is 13.0. The molecule has 2 atom stereocenters. The standard InChI is InChI=1S/C23H24FN5O3/c1-4-18-13-31-23(30)29(18)22-27-15(3)26-21(28-22)25-14(2)16-5-9-19(10-6-16)32-20-11-7-17(24)8-12-20/h5-12,14,18H,4,13H2,1-3H3,(H,25,26,27,28)/t14-,18-/m0/s1. The topological polar surface area (TPSA) is 89.5 Å². The van der Waals surface area contributed by atoms with E-state index in [-0.39, 0.29) is 23.8 Å². The van der Waals surface area contributed by atoms with E-state index in [1.54, 1.807) is 19.1 Å². The summed E-state index contributed by atoms with van der Waals surface area (Å²) in [5.74, 6) is 2.05. The normalized spacial score (nSPS) is 16.6. The molecular weight excluding hydrogens is 413 g/mol. The third-order valence-corrected chi connectivity index (χ3v) is 5.16. The van der Waals surface area contributed by atoms with Crippen LogP contribution in [0.5, 0.6) is 11.5 Å². The molecule has 2 aromatic carbocycles. The van der Waals surface area contributed by atoms with Crippen LogP contribution in [0.1, 0.15) is 37.7 Å². The summed E-state index contributed by atoms with van der Waals surface area (Å²) in [6.45, 7) is 6.04. The van der Waals surface area contributed by atoms with Gasteiger partial charge in [-0.05, 0) is 62.2 Å². The number of cyclic esters (lactones) is 1. The van der Waals surface area contributed by atoms with Crippen LogP contribution in [0, 0.1) is 12.7 Å². The molecule has 1 N–H and O–H groups in total. The Balaban J connectivity index is 1.46. The van der Waals surface area contributed by atoms with E-state index in [9.17, 15) is 9.18 Å². The van der Waals surface area contributed by atoms with Crippen LogP contribution in [0.2, 0.25) is 0 Å². The van der Waals surface area contributed by atoms with Gasteiger partial charge in [-0.1, -0.05) is 19.1 Å². The Morgan fingerprint density at radius 2 is 1.78 bits per heavy atom. The summed E-state index contributed by atoms with van der Waals surface area (Å²) in [7, 11) is 0. The van der Waals surface area contributed by atoms with E-state index < -0.39 is 6.09 Å². The van der Waals surface area contributed by atoms with Gasteiger partial charge in [-0.15, -0.1) is 0 Å². The van der Waals surface area contributed by atoms with E-state index >= 15 is 0 Å². The first-order chi connectivity index (χ1) is 15.4. The van der Waals surface area contributed by atoms with Crippen molar-refractivity contribution >= 4 is 18.0 Å². The van der Waals surface area contributed by atoms with Crippen LogP contribution in [0.25, 0.3) is 0 Å². The summed E-state index contributed by atoms with van der Waals surface area (Å²) in [6.07, 6.45) is 0.292. The first-order valence-corrected chi connectivity index (χ1v) is 10.4. The minimum atomic E-state index is -0.446. The average Bonchev–Trinajstić information content (AvgIpc) is 3.16. The molecule has 166 valence electrons. The zero-order chi connectivity index (χ0) is 22.7. The van der Waals surface area contributed by atoms with Crippen LogP contribution in [0.3, 0.4) is 0 Å². The van der Waals surface area contributed by atoms with E-state index in [4.69, 9.17) is 9.47 Å². The van der Waals surface area contributed by atoms with Gasteiger partial charge in [0.1, 0.15) is 29.7 Å². The second kappa shape index (κ2) is 9.17. The molecule has 0 saturated carbocycles. The van der Waals surface area contributed by atoms with Crippen LogP contribution in [0.15, 0.2) is 48.5 Å². The number of aromatic nitrogens is 3. The SMILES string of the molecule is CC[C@H]1COC(=O)N1c1nc(C)nc(N[C@@H](C)c2ccc(Oc3ccc(F)cc3)cc2)n1. The predicted molar refractivity (Wildman–Crippen MR) is 117 cm³/mol. The van der Waals surface area contributed by atoms with E-state index in [0.717, 1.165) is 12.0 Å². The van der Waals surface area contributed by atoms with Crippen molar-refractivity contribution in [3.05, 3.63) is 65.7 Å². The van der Waals surface area contributed by atoms with Crippen LogP contribution in [-0.2, 0) is 4.74 Å². The average molecular weight is 437 g/mol. The molecule has 1 aromatic heterocycles. The number of nitrogens with zero attached hydrogens (tertiary/aromatic N) is 4. The van der Waals surface area contributed by atoms with Gasteiger partial charge in [0.05, 0.1) is 12.1 Å². The van der Waals surface area contributed by atoms with Gasteiger partial charge in [0.15, 0.2) is 0 Å².